The summed E-state index contributed by atoms with van der Waals surface area (Å²) in [6.45, 7) is 1.31. The van der Waals surface area contributed by atoms with E-state index < -0.39 is 0 Å². The third-order valence-corrected chi connectivity index (χ3v) is 4.93. The number of rotatable bonds is 9. The van der Waals surface area contributed by atoms with Crippen LogP contribution in [0.5, 0.6) is 0 Å². The van der Waals surface area contributed by atoms with Gasteiger partial charge < -0.3 is 10.2 Å². The maximum Gasteiger partial charge on any atom is 0.240 e. The molecule has 4 rings (SSSR count). The molecule has 0 saturated carbocycles. The summed E-state index contributed by atoms with van der Waals surface area (Å²) in [5, 5.41) is 7.36. The number of nitrogens with zero attached hydrogens (tertiary/aromatic N) is 5. The molecule has 31 heavy (non-hydrogen) atoms. The maximum absolute atomic E-state index is 13.1. The van der Waals surface area contributed by atoms with Crippen molar-refractivity contribution in [1.29, 1.82) is 0 Å². The first-order valence-electron chi connectivity index (χ1n) is 10.1. The van der Waals surface area contributed by atoms with Gasteiger partial charge in [0.25, 0.3) is 0 Å². The van der Waals surface area contributed by atoms with Gasteiger partial charge in [0.2, 0.25) is 5.91 Å². The largest absolute Gasteiger partial charge is 0.358 e. The average molecular weight is 412 g/mol. The molecule has 156 valence electrons. The molecule has 2 aromatic heterocycles. The molecule has 2 heterocycles. The molecule has 0 aliphatic carbocycles. The molecule has 7 heteroatoms. The van der Waals surface area contributed by atoms with E-state index in [1.165, 1.54) is 6.33 Å². The topological polar surface area (TPSA) is 75.9 Å². The summed E-state index contributed by atoms with van der Waals surface area (Å²) in [6.07, 6.45) is 6.72. The van der Waals surface area contributed by atoms with E-state index in [1.54, 1.807) is 17.2 Å². The Morgan fingerprint density at radius 2 is 1.74 bits per heavy atom. The van der Waals surface area contributed by atoms with E-state index in [9.17, 15) is 4.79 Å². The van der Waals surface area contributed by atoms with Crippen molar-refractivity contribution in [2.45, 2.75) is 19.1 Å². The van der Waals surface area contributed by atoms with Gasteiger partial charge in [-0.3, -0.25) is 14.5 Å². The van der Waals surface area contributed by atoms with Crippen molar-refractivity contribution in [2.24, 2.45) is 0 Å². The highest BCUT2D eigenvalue weighted by Crippen LogP contribution is 2.18. The van der Waals surface area contributed by atoms with E-state index in [1.807, 2.05) is 83.9 Å². The predicted molar refractivity (Wildman–Crippen MR) is 119 cm³/mol. The lowest BCUT2D eigenvalue weighted by Gasteiger charge is -2.26. The highest BCUT2D eigenvalue weighted by atomic mass is 16.2. The Morgan fingerprint density at radius 1 is 0.968 bits per heavy atom. The molecule has 1 unspecified atom stereocenters. The number of benzene rings is 2. The van der Waals surface area contributed by atoms with Crippen LogP contribution in [0.4, 0.5) is 5.69 Å². The van der Waals surface area contributed by atoms with Gasteiger partial charge in [-0.25, -0.2) is 4.98 Å². The van der Waals surface area contributed by atoms with Gasteiger partial charge in [0.15, 0.2) is 0 Å². The van der Waals surface area contributed by atoms with Gasteiger partial charge >= 0.3 is 0 Å². The van der Waals surface area contributed by atoms with E-state index in [0.717, 1.165) is 16.8 Å². The van der Waals surface area contributed by atoms with Crippen LogP contribution in [0.2, 0.25) is 0 Å². The maximum atomic E-state index is 13.1. The summed E-state index contributed by atoms with van der Waals surface area (Å²) in [5.41, 5.74) is 3.04. The molecule has 0 fully saturated rings. The molecule has 1 atom stereocenters. The minimum absolute atomic E-state index is 0.0679. The Morgan fingerprint density at radius 3 is 2.42 bits per heavy atom. The molecule has 1 amide bonds. The Kier molecular flexibility index (Phi) is 6.64. The molecular weight excluding hydrogens is 388 g/mol. The van der Waals surface area contributed by atoms with Crippen molar-refractivity contribution in [2.75, 3.05) is 11.4 Å². The quantitative estimate of drug-likeness (QED) is 0.457. The lowest BCUT2D eigenvalue weighted by atomic mass is 10.1. The molecule has 0 bridgehead atoms. The van der Waals surface area contributed by atoms with Crippen molar-refractivity contribution >= 4 is 11.6 Å². The monoisotopic (exact) mass is 412 g/mol. The van der Waals surface area contributed by atoms with Gasteiger partial charge in [0, 0.05) is 24.6 Å². The number of carbonyl (C=O) groups is 1. The molecule has 0 aliphatic rings. The molecular formula is C24H24N6O. The predicted octanol–water partition coefficient (Wildman–Crippen LogP) is 3.24. The van der Waals surface area contributed by atoms with Crippen LogP contribution in [-0.4, -0.2) is 32.2 Å². The van der Waals surface area contributed by atoms with Gasteiger partial charge in [0.1, 0.15) is 12.7 Å². The highest BCUT2D eigenvalue weighted by molar-refractivity contribution is 5.81. The number of carbonyl (C=O) groups excluding carboxylic acids is 1. The van der Waals surface area contributed by atoms with Crippen LogP contribution in [0.15, 0.2) is 97.8 Å². The summed E-state index contributed by atoms with van der Waals surface area (Å²) < 4.78 is 1.72. The summed E-state index contributed by atoms with van der Waals surface area (Å²) in [6, 6.07) is 23.5. The lowest BCUT2D eigenvalue weighted by Crippen LogP contribution is -2.40. The second-order valence-electron chi connectivity index (χ2n) is 7.20. The van der Waals surface area contributed by atoms with Crippen LogP contribution in [0.1, 0.15) is 17.2 Å². The van der Waals surface area contributed by atoms with Crippen LogP contribution in [0.25, 0.3) is 0 Å². The van der Waals surface area contributed by atoms with E-state index in [0.29, 0.717) is 13.1 Å². The molecule has 0 spiro atoms. The highest BCUT2D eigenvalue weighted by Gasteiger charge is 2.18. The second-order valence-corrected chi connectivity index (χ2v) is 7.20. The van der Waals surface area contributed by atoms with E-state index >= 15 is 0 Å². The Balaban J connectivity index is 1.51. The molecule has 0 saturated heterocycles. The van der Waals surface area contributed by atoms with E-state index in [-0.39, 0.29) is 18.5 Å². The lowest BCUT2D eigenvalue weighted by molar-refractivity contribution is -0.120. The number of hydrogen-bond acceptors (Lipinski definition) is 5. The van der Waals surface area contributed by atoms with Crippen molar-refractivity contribution in [3.8, 4) is 0 Å². The zero-order valence-electron chi connectivity index (χ0n) is 17.1. The average Bonchev–Trinajstić information content (AvgIpc) is 3.33. The first kappa shape index (κ1) is 20.3. The Bertz CT molecular complexity index is 1060. The standard InChI is InChI=1S/C24H24N6O/c31-24(28-23(16-30-19-26-18-27-30)21-9-3-1-4-10-21)17-29(22-11-5-2-6-12-22)15-20-8-7-13-25-14-20/h1-14,18-19,23H,15-17H2,(H,28,31). The molecule has 1 N–H and O–H groups in total. The van der Waals surface area contributed by atoms with Crippen LogP contribution in [-0.2, 0) is 17.9 Å². The van der Waals surface area contributed by atoms with Gasteiger partial charge in [-0.15, -0.1) is 0 Å². The number of pyridine rings is 1. The van der Waals surface area contributed by atoms with E-state index in [4.69, 9.17) is 0 Å². The Hall–Kier alpha value is -4.00. The van der Waals surface area contributed by atoms with Gasteiger partial charge in [-0.05, 0) is 29.3 Å². The number of nitrogens with one attached hydrogen (secondary N) is 1. The van der Waals surface area contributed by atoms with Crippen LogP contribution >= 0.6 is 0 Å². The zero-order valence-corrected chi connectivity index (χ0v) is 17.1. The van der Waals surface area contributed by atoms with Crippen molar-refractivity contribution in [3.63, 3.8) is 0 Å². The van der Waals surface area contributed by atoms with Crippen molar-refractivity contribution in [3.05, 3.63) is 109 Å². The molecule has 4 aromatic rings. The summed E-state index contributed by atoms with van der Waals surface area (Å²) in [7, 11) is 0. The van der Waals surface area contributed by atoms with Crippen LogP contribution in [0.3, 0.4) is 0 Å². The van der Waals surface area contributed by atoms with Crippen LogP contribution < -0.4 is 10.2 Å². The second kappa shape index (κ2) is 10.2. The summed E-state index contributed by atoms with van der Waals surface area (Å²) >= 11 is 0. The minimum atomic E-state index is -0.216. The third kappa shape index (κ3) is 5.76. The fourth-order valence-corrected chi connectivity index (χ4v) is 3.44. The smallest absolute Gasteiger partial charge is 0.240 e. The molecule has 0 radical (unpaired) electrons. The number of hydrogen-bond donors (Lipinski definition) is 1. The number of aromatic nitrogens is 4. The van der Waals surface area contributed by atoms with E-state index in [2.05, 4.69) is 20.4 Å². The van der Waals surface area contributed by atoms with Gasteiger partial charge in [-0.1, -0.05) is 54.6 Å². The van der Waals surface area contributed by atoms with Gasteiger partial charge in [0.05, 0.1) is 19.1 Å². The number of anilines is 1. The number of para-hydroxylation sites is 1. The summed E-state index contributed by atoms with van der Waals surface area (Å²) in [4.78, 5) is 23.4. The SMILES string of the molecule is O=C(CN(Cc1cccnc1)c1ccccc1)NC(Cn1cncn1)c1ccccc1. The third-order valence-electron chi connectivity index (χ3n) is 4.93. The Labute approximate surface area is 181 Å². The normalized spacial score (nSPS) is 11.6. The first-order valence-corrected chi connectivity index (χ1v) is 10.1. The first-order chi connectivity index (χ1) is 15.3. The van der Waals surface area contributed by atoms with Crippen molar-refractivity contribution in [1.82, 2.24) is 25.1 Å². The minimum Gasteiger partial charge on any atom is -0.358 e. The molecule has 2 aromatic carbocycles. The molecule has 7 nitrogen and oxygen atoms in total. The fraction of sp³-hybridized carbons (Fsp3) is 0.167. The summed E-state index contributed by atoms with van der Waals surface area (Å²) in [5.74, 6) is -0.0679. The fourth-order valence-electron chi connectivity index (χ4n) is 3.44. The van der Waals surface area contributed by atoms with Crippen LogP contribution in [0, 0.1) is 0 Å². The van der Waals surface area contributed by atoms with Gasteiger partial charge in [-0.2, -0.15) is 5.10 Å². The van der Waals surface area contributed by atoms with Crippen molar-refractivity contribution < 1.29 is 4.79 Å². The molecule has 0 aliphatic heterocycles. The number of amides is 1. The zero-order chi connectivity index (χ0) is 21.3.